The molecule has 0 aromatic heterocycles. The van der Waals surface area contributed by atoms with Gasteiger partial charge in [0.2, 0.25) is 5.91 Å². The first-order valence-corrected chi connectivity index (χ1v) is 7.24. The molecule has 1 aliphatic heterocycles. The van der Waals surface area contributed by atoms with Gasteiger partial charge in [0.05, 0.1) is 6.04 Å². The van der Waals surface area contributed by atoms with E-state index in [-0.39, 0.29) is 24.0 Å². The van der Waals surface area contributed by atoms with Crippen LogP contribution in [0.4, 0.5) is 0 Å². The van der Waals surface area contributed by atoms with Crippen LogP contribution in [-0.4, -0.2) is 22.9 Å². The first kappa shape index (κ1) is 14.1. The third-order valence-corrected chi connectivity index (χ3v) is 4.20. The molecule has 2 N–H and O–H groups in total. The van der Waals surface area contributed by atoms with Gasteiger partial charge >= 0.3 is 0 Å². The van der Waals surface area contributed by atoms with Gasteiger partial charge in [0.15, 0.2) is 0 Å². The molecular formula is C16H24N2O. The maximum Gasteiger partial charge on any atom is 0.225 e. The van der Waals surface area contributed by atoms with E-state index in [1.54, 1.807) is 0 Å². The molecule has 3 nitrogen and oxygen atoms in total. The average molecular weight is 260 g/mol. The number of nitrogens with zero attached hydrogens (tertiary/aromatic N) is 1. The maximum absolute atomic E-state index is 12.1. The van der Waals surface area contributed by atoms with Crippen molar-refractivity contribution in [3.8, 4) is 0 Å². The molecular weight excluding hydrogens is 236 g/mol. The lowest BCUT2D eigenvalue weighted by atomic mass is 9.98. The summed E-state index contributed by atoms with van der Waals surface area (Å²) in [6.45, 7) is 6.35. The number of aryl methyl sites for hydroxylation is 1. The normalized spacial score (nSPS) is 24.8. The summed E-state index contributed by atoms with van der Waals surface area (Å²) >= 11 is 0. The van der Waals surface area contributed by atoms with Crippen LogP contribution in [0.1, 0.15) is 50.8 Å². The summed E-state index contributed by atoms with van der Waals surface area (Å²) in [6, 6.07) is 8.72. The van der Waals surface area contributed by atoms with Gasteiger partial charge in [-0.3, -0.25) is 4.79 Å². The number of hydrogen-bond donors (Lipinski definition) is 1. The molecule has 1 fully saturated rings. The summed E-state index contributed by atoms with van der Waals surface area (Å²) < 4.78 is 0. The van der Waals surface area contributed by atoms with Crippen molar-refractivity contribution in [1.29, 1.82) is 0 Å². The fraction of sp³-hybridized carbons (Fsp3) is 0.562. The number of rotatable bonds is 4. The number of likely N-dealkylation sites (tertiary alicyclic amines) is 1. The van der Waals surface area contributed by atoms with Crippen LogP contribution in [0.25, 0.3) is 0 Å². The van der Waals surface area contributed by atoms with E-state index in [4.69, 9.17) is 5.73 Å². The van der Waals surface area contributed by atoms with E-state index in [1.807, 2.05) is 4.90 Å². The lowest BCUT2D eigenvalue weighted by molar-refractivity contribution is -0.131. The quantitative estimate of drug-likeness (QED) is 0.904. The molecule has 0 aliphatic carbocycles. The fourth-order valence-electron chi connectivity index (χ4n) is 2.86. The summed E-state index contributed by atoms with van der Waals surface area (Å²) in [5, 5.41) is 0. The average Bonchev–Trinajstić information content (AvgIpc) is 2.72. The summed E-state index contributed by atoms with van der Waals surface area (Å²) in [7, 11) is 0. The number of nitrogens with two attached hydrogens (primary N) is 1. The van der Waals surface area contributed by atoms with Crippen LogP contribution in [0.3, 0.4) is 0 Å². The summed E-state index contributed by atoms with van der Waals surface area (Å²) in [6.07, 6.45) is 2.46. The number of hydrogen-bond acceptors (Lipinski definition) is 2. The van der Waals surface area contributed by atoms with Gasteiger partial charge in [-0.2, -0.15) is 0 Å². The van der Waals surface area contributed by atoms with Gasteiger partial charge in [-0.05, 0) is 30.9 Å². The van der Waals surface area contributed by atoms with E-state index in [9.17, 15) is 4.79 Å². The predicted molar refractivity (Wildman–Crippen MR) is 77.8 cm³/mol. The smallest absolute Gasteiger partial charge is 0.225 e. The molecule has 19 heavy (non-hydrogen) atoms. The zero-order valence-corrected chi connectivity index (χ0v) is 12.1. The van der Waals surface area contributed by atoms with Crippen LogP contribution in [-0.2, 0) is 11.2 Å². The standard InChI is InChI=1S/C16H24N2O/c1-4-11(3)18-15(19)10-14(17)16(18)13-8-6-12(5-2)7-9-13/h6-9,11,14,16H,4-5,10,17H2,1-3H3. The van der Waals surface area contributed by atoms with E-state index >= 15 is 0 Å². The van der Waals surface area contributed by atoms with Gasteiger partial charge in [-0.1, -0.05) is 38.1 Å². The van der Waals surface area contributed by atoms with Crippen molar-refractivity contribution in [3.63, 3.8) is 0 Å². The molecule has 0 radical (unpaired) electrons. The van der Waals surface area contributed by atoms with Crippen LogP contribution < -0.4 is 5.73 Å². The topological polar surface area (TPSA) is 46.3 Å². The first-order valence-electron chi connectivity index (χ1n) is 7.24. The highest BCUT2D eigenvalue weighted by Gasteiger charge is 2.40. The SMILES string of the molecule is CCc1ccc(C2C(N)CC(=O)N2C(C)CC)cc1. The minimum Gasteiger partial charge on any atom is -0.331 e. The van der Waals surface area contributed by atoms with Gasteiger partial charge in [0.1, 0.15) is 0 Å². The van der Waals surface area contributed by atoms with Crippen LogP contribution in [0.5, 0.6) is 0 Å². The van der Waals surface area contributed by atoms with Gasteiger partial charge in [-0.15, -0.1) is 0 Å². The monoisotopic (exact) mass is 260 g/mol. The van der Waals surface area contributed by atoms with Crippen molar-refractivity contribution < 1.29 is 4.79 Å². The van der Waals surface area contributed by atoms with Crippen molar-refractivity contribution in [2.45, 2.75) is 58.2 Å². The van der Waals surface area contributed by atoms with E-state index in [2.05, 4.69) is 45.0 Å². The molecule has 3 unspecified atom stereocenters. The van der Waals surface area contributed by atoms with Gasteiger partial charge < -0.3 is 10.6 Å². The zero-order valence-electron chi connectivity index (χ0n) is 12.1. The minimum atomic E-state index is -0.0889. The summed E-state index contributed by atoms with van der Waals surface area (Å²) in [4.78, 5) is 14.1. The second-order valence-corrected chi connectivity index (χ2v) is 5.47. The predicted octanol–water partition coefficient (Wildman–Crippen LogP) is 2.65. The third kappa shape index (κ3) is 2.66. The molecule has 1 saturated heterocycles. The van der Waals surface area contributed by atoms with E-state index in [1.165, 1.54) is 5.56 Å². The van der Waals surface area contributed by atoms with E-state index in [0.717, 1.165) is 18.4 Å². The second-order valence-electron chi connectivity index (χ2n) is 5.47. The summed E-state index contributed by atoms with van der Waals surface area (Å²) in [5.41, 5.74) is 8.67. The Morgan fingerprint density at radius 1 is 1.32 bits per heavy atom. The number of amides is 1. The Balaban J connectivity index is 2.30. The molecule has 2 rings (SSSR count). The van der Waals surface area contributed by atoms with Gasteiger partial charge in [0.25, 0.3) is 0 Å². The molecule has 104 valence electrons. The van der Waals surface area contributed by atoms with Crippen LogP contribution >= 0.6 is 0 Å². The highest BCUT2D eigenvalue weighted by atomic mass is 16.2. The van der Waals surface area contributed by atoms with Crippen LogP contribution in [0, 0.1) is 0 Å². The van der Waals surface area contributed by atoms with Crippen molar-refractivity contribution >= 4 is 5.91 Å². The Kier molecular flexibility index (Phi) is 4.25. The van der Waals surface area contributed by atoms with Crippen LogP contribution in [0.15, 0.2) is 24.3 Å². The van der Waals surface area contributed by atoms with Crippen molar-refractivity contribution in [2.75, 3.05) is 0 Å². The molecule has 0 spiro atoms. The minimum absolute atomic E-state index is 0.0355. The fourth-order valence-corrected chi connectivity index (χ4v) is 2.86. The second kappa shape index (κ2) is 5.74. The lowest BCUT2D eigenvalue weighted by Crippen LogP contribution is -2.38. The van der Waals surface area contributed by atoms with Crippen molar-refractivity contribution in [1.82, 2.24) is 4.90 Å². The Labute approximate surface area is 115 Å². The number of carbonyl (C=O) groups is 1. The van der Waals surface area contributed by atoms with Crippen molar-refractivity contribution in [2.24, 2.45) is 5.73 Å². The number of benzene rings is 1. The highest BCUT2D eigenvalue weighted by molar-refractivity contribution is 5.80. The Morgan fingerprint density at radius 3 is 2.47 bits per heavy atom. The van der Waals surface area contributed by atoms with E-state index < -0.39 is 0 Å². The molecule has 1 heterocycles. The molecule has 1 aromatic carbocycles. The first-order chi connectivity index (χ1) is 9.08. The Hall–Kier alpha value is -1.35. The molecule has 3 atom stereocenters. The van der Waals surface area contributed by atoms with Crippen molar-refractivity contribution in [3.05, 3.63) is 35.4 Å². The molecule has 1 aromatic rings. The maximum atomic E-state index is 12.1. The Bertz CT molecular complexity index is 441. The number of carbonyl (C=O) groups excluding carboxylic acids is 1. The molecule has 1 amide bonds. The zero-order chi connectivity index (χ0) is 14.0. The van der Waals surface area contributed by atoms with Crippen LogP contribution in [0.2, 0.25) is 0 Å². The van der Waals surface area contributed by atoms with E-state index in [0.29, 0.717) is 6.42 Å². The molecule has 0 bridgehead atoms. The lowest BCUT2D eigenvalue weighted by Gasteiger charge is -2.32. The molecule has 0 saturated carbocycles. The highest BCUT2D eigenvalue weighted by Crippen LogP contribution is 2.34. The van der Waals surface area contributed by atoms with Gasteiger partial charge in [-0.25, -0.2) is 0 Å². The molecule has 1 aliphatic rings. The third-order valence-electron chi connectivity index (χ3n) is 4.20. The molecule has 3 heteroatoms. The van der Waals surface area contributed by atoms with Gasteiger partial charge in [0, 0.05) is 18.5 Å². The Morgan fingerprint density at radius 2 is 1.95 bits per heavy atom. The summed E-state index contributed by atoms with van der Waals surface area (Å²) in [5.74, 6) is 0.186. The largest absolute Gasteiger partial charge is 0.331 e.